The van der Waals surface area contributed by atoms with Gasteiger partial charge >= 0.3 is 0 Å². The monoisotopic (exact) mass is 455 g/mol. The number of thiophene rings is 1. The number of amides is 1. The molecular weight excluding hydrogens is 438 g/mol. The Morgan fingerprint density at radius 2 is 1.90 bits per heavy atom. The number of nitrogens with one attached hydrogen (secondary N) is 1. The summed E-state index contributed by atoms with van der Waals surface area (Å²) in [6.45, 7) is 3.91. The average molecular weight is 456 g/mol. The maximum Gasteiger partial charge on any atom is 0.276 e. The summed E-state index contributed by atoms with van der Waals surface area (Å²) in [6, 6.07) is 14.7. The maximum atomic E-state index is 13.1. The summed E-state index contributed by atoms with van der Waals surface area (Å²) in [5.41, 5.74) is 3.89. The number of nitrogens with zero attached hydrogens (tertiary/aromatic N) is 2. The van der Waals surface area contributed by atoms with E-state index in [1.165, 1.54) is 27.7 Å². The number of para-hydroxylation sites is 1. The van der Waals surface area contributed by atoms with E-state index in [1.807, 2.05) is 43.5 Å². The second-order valence-electron chi connectivity index (χ2n) is 6.75. The van der Waals surface area contributed by atoms with Crippen LogP contribution in [0.25, 0.3) is 15.9 Å². The first-order valence-electron chi connectivity index (χ1n) is 9.19. The van der Waals surface area contributed by atoms with Crippen molar-refractivity contribution in [2.45, 2.75) is 19.0 Å². The molecule has 4 rings (SSSR count). The quantitative estimate of drug-likeness (QED) is 0.321. The lowest BCUT2D eigenvalue weighted by molar-refractivity contribution is -0.113. The Bertz CT molecular complexity index is 1290. The number of aryl methyl sites for hydroxylation is 2. The van der Waals surface area contributed by atoms with E-state index in [0.717, 1.165) is 16.8 Å². The van der Waals surface area contributed by atoms with Crippen molar-refractivity contribution in [1.82, 2.24) is 9.55 Å². The van der Waals surface area contributed by atoms with Crippen LogP contribution in [-0.2, 0) is 4.79 Å². The average Bonchev–Trinajstić information content (AvgIpc) is 3.18. The molecule has 1 amide bonds. The smallest absolute Gasteiger partial charge is 0.276 e. The van der Waals surface area contributed by atoms with E-state index in [0.29, 0.717) is 26.1 Å². The van der Waals surface area contributed by atoms with Crippen LogP contribution in [0.2, 0.25) is 5.02 Å². The summed E-state index contributed by atoms with van der Waals surface area (Å²) in [5, 5.41) is 5.78. The lowest BCUT2D eigenvalue weighted by atomic mass is 10.1. The fourth-order valence-electron chi connectivity index (χ4n) is 3.15. The van der Waals surface area contributed by atoms with Gasteiger partial charge in [-0.05, 0) is 54.6 Å². The molecular formula is C22H18ClN3O2S2. The van der Waals surface area contributed by atoms with Crippen LogP contribution >= 0.6 is 34.7 Å². The highest BCUT2D eigenvalue weighted by atomic mass is 35.5. The number of carbonyl (C=O) groups excluding carboxylic acids is 1. The van der Waals surface area contributed by atoms with Gasteiger partial charge in [-0.1, -0.05) is 47.6 Å². The van der Waals surface area contributed by atoms with E-state index in [9.17, 15) is 9.59 Å². The molecule has 30 heavy (non-hydrogen) atoms. The Labute approximate surface area is 186 Å². The van der Waals surface area contributed by atoms with Gasteiger partial charge in [-0.2, -0.15) is 0 Å². The molecule has 0 unspecified atom stereocenters. The van der Waals surface area contributed by atoms with Gasteiger partial charge < -0.3 is 5.32 Å². The molecule has 2 aromatic carbocycles. The number of rotatable bonds is 5. The number of anilines is 1. The highest BCUT2D eigenvalue weighted by Crippen LogP contribution is 2.25. The first-order chi connectivity index (χ1) is 14.4. The van der Waals surface area contributed by atoms with Crippen molar-refractivity contribution >= 4 is 56.5 Å². The summed E-state index contributed by atoms with van der Waals surface area (Å²) in [6.07, 6.45) is 0. The summed E-state index contributed by atoms with van der Waals surface area (Å²) in [7, 11) is 0. The van der Waals surface area contributed by atoms with Gasteiger partial charge in [0.1, 0.15) is 4.70 Å². The summed E-state index contributed by atoms with van der Waals surface area (Å²) in [4.78, 5) is 30.4. The van der Waals surface area contributed by atoms with Gasteiger partial charge in [0.2, 0.25) is 5.91 Å². The van der Waals surface area contributed by atoms with E-state index >= 15 is 0 Å². The molecule has 0 saturated heterocycles. The number of benzene rings is 2. The van der Waals surface area contributed by atoms with Crippen LogP contribution in [0.3, 0.4) is 0 Å². The van der Waals surface area contributed by atoms with E-state index in [2.05, 4.69) is 10.3 Å². The predicted octanol–water partition coefficient (Wildman–Crippen LogP) is 5.45. The summed E-state index contributed by atoms with van der Waals surface area (Å²) in [5.74, 6) is -0.0362. The number of hydrogen-bond donors (Lipinski definition) is 1. The van der Waals surface area contributed by atoms with Gasteiger partial charge in [0.25, 0.3) is 5.56 Å². The van der Waals surface area contributed by atoms with Crippen LogP contribution in [0.15, 0.2) is 63.9 Å². The molecule has 0 bridgehead atoms. The first kappa shape index (κ1) is 20.7. The minimum Gasteiger partial charge on any atom is -0.325 e. The van der Waals surface area contributed by atoms with Gasteiger partial charge in [0.05, 0.1) is 17.0 Å². The fraction of sp³-hybridized carbons (Fsp3) is 0.136. The third-order valence-corrected chi connectivity index (χ3v) is 6.66. The third-order valence-electron chi connectivity index (χ3n) is 4.59. The van der Waals surface area contributed by atoms with E-state index in [4.69, 9.17) is 11.6 Å². The van der Waals surface area contributed by atoms with Crippen LogP contribution in [0, 0.1) is 13.8 Å². The molecule has 0 aliphatic carbocycles. The molecule has 5 nitrogen and oxygen atoms in total. The number of carbonyl (C=O) groups is 1. The topological polar surface area (TPSA) is 64.0 Å². The van der Waals surface area contributed by atoms with Gasteiger partial charge in [0.15, 0.2) is 5.16 Å². The molecule has 4 aromatic rings. The van der Waals surface area contributed by atoms with Gasteiger partial charge in [-0.25, -0.2) is 4.98 Å². The number of aromatic nitrogens is 2. The van der Waals surface area contributed by atoms with Crippen molar-refractivity contribution in [1.29, 1.82) is 0 Å². The van der Waals surface area contributed by atoms with Crippen LogP contribution in [0.5, 0.6) is 0 Å². The van der Waals surface area contributed by atoms with Crippen LogP contribution in [0.4, 0.5) is 5.69 Å². The van der Waals surface area contributed by atoms with Crippen molar-refractivity contribution in [2.75, 3.05) is 11.1 Å². The second-order valence-corrected chi connectivity index (χ2v) is 9.05. The largest absolute Gasteiger partial charge is 0.325 e. The number of thioether (sulfide) groups is 1. The zero-order valence-corrected chi connectivity index (χ0v) is 18.7. The third kappa shape index (κ3) is 4.14. The SMILES string of the molecule is Cc1cccc(C)c1NC(=O)CSc1nc2ccsc2c(=O)n1-c1cccc(Cl)c1. The van der Waals surface area contributed by atoms with Gasteiger partial charge in [-0.3, -0.25) is 14.2 Å². The van der Waals surface area contributed by atoms with E-state index < -0.39 is 0 Å². The minimum atomic E-state index is -0.171. The maximum absolute atomic E-state index is 13.1. The van der Waals surface area contributed by atoms with Crippen molar-refractivity contribution in [2.24, 2.45) is 0 Å². The Hall–Kier alpha value is -2.61. The molecule has 0 spiro atoms. The fourth-order valence-corrected chi connectivity index (χ4v) is 4.91. The lowest BCUT2D eigenvalue weighted by Gasteiger charge is -2.13. The Balaban J connectivity index is 1.66. The highest BCUT2D eigenvalue weighted by Gasteiger charge is 2.16. The molecule has 0 saturated carbocycles. The zero-order valence-electron chi connectivity index (χ0n) is 16.3. The molecule has 2 aromatic heterocycles. The minimum absolute atomic E-state index is 0.121. The van der Waals surface area contributed by atoms with Crippen LogP contribution in [0.1, 0.15) is 11.1 Å². The van der Waals surface area contributed by atoms with Crippen molar-refractivity contribution < 1.29 is 4.79 Å². The predicted molar refractivity (Wildman–Crippen MR) is 125 cm³/mol. The molecule has 0 radical (unpaired) electrons. The summed E-state index contributed by atoms with van der Waals surface area (Å²) < 4.78 is 2.08. The van der Waals surface area contributed by atoms with E-state index in [1.54, 1.807) is 24.3 Å². The summed E-state index contributed by atoms with van der Waals surface area (Å²) >= 11 is 8.71. The molecule has 8 heteroatoms. The lowest BCUT2D eigenvalue weighted by Crippen LogP contribution is -2.22. The number of hydrogen-bond acceptors (Lipinski definition) is 5. The van der Waals surface area contributed by atoms with E-state index in [-0.39, 0.29) is 17.2 Å². The molecule has 0 atom stereocenters. The standard InChI is InChI=1S/C22H18ClN3O2S2/c1-13-5-3-6-14(2)19(13)25-18(27)12-30-22-24-17-9-10-29-20(17)21(28)26(22)16-8-4-7-15(23)11-16/h3-11H,12H2,1-2H3,(H,25,27). The highest BCUT2D eigenvalue weighted by molar-refractivity contribution is 7.99. The van der Waals surface area contributed by atoms with Gasteiger partial charge in [-0.15, -0.1) is 11.3 Å². The molecule has 152 valence electrons. The Morgan fingerprint density at radius 1 is 1.17 bits per heavy atom. The normalized spacial score (nSPS) is 11.0. The number of halogens is 1. The number of fused-ring (bicyclic) bond motifs is 1. The molecule has 0 aliphatic rings. The Kier molecular flexibility index (Phi) is 5.94. The van der Waals surface area contributed by atoms with Crippen molar-refractivity contribution in [3.05, 3.63) is 80.4 Å². The second kappa shape index (κ2) is 8.63. The van der Waals surface area contributed by atoms with Gasteiger partial charge in [0, 0.05) is 10.7 Å². The Morgan fingerprint density at radius 3 is 2.63 bits per heavy atom. The van der Waals surface area contributed by atoms with Crippen molar-refractivity contribution in [3.8, 4) is 5.69 Å². The first-order valence-corrected chi connectivity index (χ1v) is 11.4. The molecule has 0 fully saturated rings. The molecule has 1 N–H and O–H groups in total. The molecule has 2 heterocycles. The zero-order chi connectivity index (χ0) is 21.3. The van der Waals surface area contributed by atoms with Crippen LogP contribution in [-0.4, -0.2) is 21.2 Å². The van der Waals surface area contributed by atoms with Crippen molar-refractivity contribution in [3.63, 3.8) is 0 Å². The molecule has 0 aliphatic heterocycles. The van der Waals surface area contributed by atoms with Crippen LogP contribution < -0.4 is 10.9 Å².